The Morgan fingerprint density at radius 1 is 0.887 bits per heavy atom. The molecule has 0 bridgehead atoms. The van der Waals surface area contributed by atoms with Crippen molar-refractivity contribution in [1.82, 2.24) is 10.2 Å². The number of methoxy groups -OCH3 is 1. The normalized spacial score (nSPS) is 40.8. The molecular formula is C45H67N3O5. The molecular weight excluding hydrogens is 663 g/mol. The molecule has 1 heterocycles. The molecule has 53 heavy (non-hydrogen) atoms. The van der Waals surface area contributed by atoms with E-state index in [2.05, 4.69) is 81.8 Å². The van der Waals surface area contributed by atoms with Crippen LogP contribution in [0.25, 0.3) is 0 Å². The fourth-order valence-electron chi connectivity index (χ4n) is 13.4. The summed E-state index contributed by atoms with van der Waals surface area (Å²) in [6.07, 6.45) is 10.7. The first-order valence-electron chi connectivity index (χ1n) is 20.7. The van der Waals surface area contributed by atoms with Crippen molar-refractivity contribution in [1.29, 1.82) is 0 Å². The molecule has 8 heteroatoms. The number of fused-ring (bicyclic) bond motifs is 7. The molecule has 1 N–H and O–H groups in total. The van der Waals surface area contributed by atoms with E-state index in [0.29, 0.717) is 18.2 Å². The van der Waals surface area contributed by atoms with E-state index in [9.17, 15) is 14.4 Å². The van der Waals surface area contributed by atoms with Crippen molar-refractivity contribution in [3.8, 4) is 5.75 Å². The Kier molecular flexibility index (Phi) is 9.72. The largest absolute Gasteiger partial charge is 0.495 e. The second-order valence-corrected chi connectivity index (χ2v) is 20.0. The number of nitrogens with one attached hydrogen (secondary N) is 1. The number of piperazine rings is 1. The van der Waals surface area contributed by atoms with Gasteiger partial charge in [0.1, 0.15) is 11.9 Å². The Morgan fingerprint density at radius 3 is 2.28 bits per heavy atom. The van der Waals surface area contributed by atoms with Crippen LogP contribution in [0.4, 0.5) is 5.69 Å². The SMILES string of the molecule is COc1ccccc1N1CCN(CCNC(=O)C2(C)CC[C@]3(C)CC[C@]4(C)C(=CC(=O)[C@@H]5[C@@]6(C)CC[C@H](OC(C)=O)C(C)(C)C6CC[C@]54C)[C@@H]3C2)CC1. The van der Waals surface area contributed by atoms with Gasteiger partial charge in [-0.05, 0) is 109 Å². The smallest absolute Gasteiger partial charge is 0.302 e. The van der Waals surface area contributed by atoms with Crippen molar-refractivity contribution in [2.75, 3.05) is 51.3 Å². The van der Waals surface area contributed by atoms with Crippen molar-refractivity contribution in [2.24, 2.45) is 50.2 Å². The lowest BCUT2D eigenvalue weighted by molar-refractivity contribution is -0.210. The highest BCUT2D eigenvalue weighted by Crippen LogP contribution is 2.75. The molecule has 1 aliphatic heterocycles. The number of nitrogens with zero attached hydrogens (tertiary/aromatic N) is 2. The number of benzene rings is 1. The van der Waals surface area contributed by atoms with Gasteiger partial charge in [-0.15, -0.1) is 0 Å². The number of rotatable bonds is 7. The maximum atomic E-state index is 14.8. The molecule has 5 fully saturated rings. The first-order chi connectivity index (χ1) is 24.9. The molecule has 292 valence electrons. The zero-order chi connectivity index (χ0) is 38.2. The van der Waals surface area contributed by atoms with Crippen LogP contribution in [-0.4, -0.2) is 75.0 Å². The maximum absolute atomic E-state index is 14.8. The Morgan fingerprint density at radius 2 is 1.58 bits per heavy atom. The van der Waals surface area contributed by atoms with E-state index < -0.39 is 5.41 Å². The molecule has 0 radical (unpaired) electrons. The third-order valence-corrected chi connectivity index (χ3v) is 16.9. The summed E-state index contributed by atoms with van der Waals surface area (Å²) in [5, 5.41) is 3.38. The van der Waals surface area contributed by atoms with Gasteiger partial charge in [0.2, 0.25) is 5.91 Å². The Balaban J connectivity index is 1.05. The van der Waals surface area contributed by atoms with Gasteiger partial charge in [0, 0.05) is 62.9 Å². The van der Waals surface area contributed by atoms with Crippen LogP contribution in [0.5, 0.6) is 5.75 Å². The van der Waals surface area contributed by atoms with E-state index in [4.69, 9.17) is 9.47 Å². The van der Waals surface area contributed by atoms with Crippen molar-refractivity contribution in [2.45, 2.75) is 119 Å². The predicted octanol–water partition coefficient (Wildman–Crippen LogP) is 7.85. The second-order valence-electron chi connectivity index (χ2n) is 20.0. The van der Waals surface area contributed by atoms with Crippen LogP contribution in [-0.2, 0) is 19.1 Å². The van der Waals surface area contributed by atoms with Gasteiger partial charge in [-0.2, -0.15) is 0 Å². The molecule has 0 spiro atoms. The molecule has 9 atom stereocenters. The number of allylic oxidation sites excluding steroid dienone is 2. The van der Waals surface area contributed by atoms with Crippen molar-refractivity contribution in [3.05, 3.63) is 35.9 Å². The minimum Gasteiger partial charge on any atom is -0.495 e. The molecule has 4 saturated carbocycles. The van der Waals surface area contributed by atoms with E-state index in [0.717, 1.165) is 102 Å². The first-order valence-corrected chi connectivity index (χ1v) is 20.7. The van der Waals surface area contributed by atoms with E-state index in [1.807, 2.05) is 12.1 Å². The van der Waals surface area contributed by atoms with Crippen LogP contribution in [0.3, 0.4) is 0 Å². The van der Waals surface area contributed by atoms with Gasteiger partial charge in [0.15, 0.2) is 5.78 Å². The lowest BCUT2D eigenvalue weighted by Gasteiger charge is -2.70. The number of ketones is 1. The van der Waals surface area contributed by atoms with Gasteiger partial charge < -0.3 is 19.7 Å². The lowest BCUT2D eigenvalue weighted by Crippen LogP contribution is -2.66. The van der Waals surface area contributed by atoms with E-state index in [1.165, 1.54) is 12.5 Å². The summed E-state index contributed by atoms with van der Waals surface area (Å²) in [6.45, 7) is 23.3. The van der Waals surface area contributed by atoms with Gasteiger partial charge in [0.05, 0.1) is 12.8 Å². The molecule has 1 aromatic carbocycles. The molecule has 7 rings (SSSR count). The van der Waals surface area contributed by atoms with E-state index in [1.54, 1.807) is 7.11 Å². The Hall–Kier alpha value is -2.87. The monoisotopic (exact) mass is 730 g/mol. The summed E-state index contributed by atoms with van der Waals surface area (Å²) in [6, 6.07) is 8.22. The van der Waals surface area contributed by atoms with Gasteiger partial charge >= 0.3 is 5.97 Å². The molecule has 0 aromatic heterocycles. The predicted molar refractivity (Wildman–Crippen MR) is 210 cm³/mol. The van der Waals surface area contributed by atoms with Crippen molar-refractivity contribution in [3.63, 3.8) is 0 Å². The summed E-state index contributed by atoms with van der Waals surface area (Å²) < 4.78 is 11.5. The summed E-state index contributed by atoms with van der Waals surface area (Å²) >= 11 is 0. The lowest BCUT2D eigenvalue weighted by atomic mass is 9.33. The van der Waals surface area contributed by atoms with Crippen LogP contribution in [0.2, 0.25) is 0 Å². The highest BCUT2D eigenvalue weighted by molar-refractivity contribution is 5.96. The molecule has 1 amide bonds. The van der Waals surface area contributed by atoms with Gasteiger partial charge in [0.25, 0.3) is 0 Å². The molecule has 1 aromatic rings. The standard InChI is InChI=1S/C45H67N3O5/c1-30(49)53-37-15-16-43(6)36(40(37,2)3)14-17-45(8)38(43)34(50)28-31-32-29-42(5,19-18-41(32,4)20-21-44(31,45)7)39(51)46-22-23-47-24-26-48(27-25-47)33-12-10-11-13-35(33)52-9/h10-13,28,32,36-38H,14-27,29H2,1-9H3,(H,46,51)/t32-,36?,37-,38+,41+,42?,43-,44+,45+/m0/s1. The maximum Gasteiger partial charge on any atom is 0.302 e. The van der Waals surface area contributed by atoms with E-state index >= 15 is 0 Å². The first kappa shape index (κ1) is 38.4. The minimum atomic E-state index is -0.463. The third kappa shape index (κ3) is 6.07. The van der Waals surface area contributed by atoms with Gasteiger partial charge in [-0.25, -0.2) is 0 Å². The summed E-state index contributed by atoms with van der Waals surface area (Å²) in [4.78, 5) is 45.8. The third-order valence-electron chi connectivity index (χ3n) is 16.9. The molecule has 6 aliphatic rings. The zero-order valence-corrected chi connectivity index (χ0v) is 34.2. The molecule has 5 aliphatic carbocycles. The second kappa shape index (κ2) is 13.4. The topological polar surface area (TPSA) is 88.2 Å². The quantitative estimate of drug-likeness (QED) is 0.286. The number of hydrogen-bond donors (Lipinski definition) is 1. The highest BCUT2D eigenvalue weighted by atomic mass is 16.5. The fraction of sp³-hybridized carbons (Fsp3) is 0.756. The number of para-hydroxylation sites is 2. The van der Waals surface area contributed by atoms with Crippen LogP contribution in [0.15, 0.2) is 35.9 Å². The number of ether oxygens (including phenoxy) is 2. The summed E-state index contributed by atoms with van der Waals surface area (Å²) in [5.41, 5.74) is 1.52. The Labute approximate surface area is 319 Å². The zero-order valence-electron chi connectivity index (χ0n) is 34.2. The van der Waals surface area contributed by atoms with Crippen LogP contribution in [0.1, 0.15) is 113 Å². The number of esters is 1. The fourth-order valence-corrected chi connectivity index (χ4v) is 13.4. The van der Waals surface area contributed by atoms with Crippen LogP contribution < -0.4 is 15.0 Å². The minimum absolute atomic E-state index is 0.0562. The number of carbonyl (C=O) groups excluding carboxylic acids is 3. The van der Waals surface area contributed by atoms with Crippen LogP contribution in [0, 0.1) is 50.2 Å². The number of hydrogen-bond acceptors (Lipinski definition) is 7. The highest BCUT2D eigenvalue weighted by Gasteiger charge is 2.70. The summed E-state index contributed by atoms with van der Waals surface area (Å²) in [5.74, 6) is 1.65. The summed E-state index contributed by atoms with van der Waals surface area (Å²) in [7, 11) is 1.73. The number of carbonyl (C=O) groups is 3. The van der Waals surface area contributed by atoms with Gasteiger partial charge in [-0.3, -0.25) is 19.3 Å². The van der Waals surface area contributed by atoms with Gasteiger partial charge in [-0.1, -0.05) is 66.2 Å². The number of amides is 1. The van der Waals surface area contributed by atoms with Crippen molar-refractivity contribution < 1.29 is 23.9 Å². The van der Waals surface area contributed by atoms with Crippen LogP contribution >= 0.6 is 0 Å². The van der Waals surface area contributed by atoms with Crippen molar-refractivity contribution >= 4 is 23.3 Å². The van der Waals surface area contributed by atoms with E-state index in [-0.39, 0.29) is 56.9 Å². The average Bonchev–Trinajstić information content (AvgIpc) is 3.11. The molecule has 1 saturated heterocycles. The number of anilines is 1. The average molecular weight is 730 g/mol. The molecule has 8 nitrogen and oxygen atoms in total. The Bertz CT molecular complexity index is 1650. The molecule has 2 unspecified atom stereocenters.